The van der Waals surface area contributed by atoms with Crippen LogP contribution in [-0.4, -0.2) is 37.0 Å². The molecule has 4 nitrogen and oxygen atoms in total. The van der Waals surface area contributed by atoms with Gasteiger partial charge in [0, 0.05) is 31.0 Å². The van der Waals surface area contributed by atoms with E-state index in [2.05, 4.69) is 11.7 Å². The van der Waals surface area contributed by atoms with Crippen LogP contribution >= 0.6 is 0 Å². The average molecular weight is 235 g/mol. The Morgan fingerprint density at radius 1 is 1.53 bits per heavy atom. The van der Waals surface area contributed by atoms with Gasteiger partial charge in [-0.3, -0.25) is 4.79 Å². The molecule has 0 aromatic carbocycles. The van der Waals surface area contributed by atoms with Gasteiger partial charge in [-0.1, -0.05) is 19.1 Å². The molecule has 4 heteroatoms. The molecule has 0 aromatic heterocycles. The van der Waals surface area contributed by atoms with Crippen LogP contribution < -0.4 is 0 Å². The largest absolute Gasteiger partial charge is 0.466 e. The molecule has 0 N–H and O–H groups in total. The number of hydrogen-bond donors (Lipinski definition) is 0. The lowest BCUT2D eigenvalue weighted by Crippen LogP contribution is -2.59. The van der Waals surface area contributed by atoms with Crippen molar-refractivity contribution in [2.45, 2.75) is 13.0 Å². The van der Waals surface area contributed by atoms with E-state index in [4.69, 9.17) is 0 Å². The molecule has 1 aliphatic heterocycles. The molecule has 0 unspecified atom stereocenters. The Labute approximate surface area is 101 Å². The number of methoxy groups -OCH3 is 1. The third-order valence-electron chi connectivity index (χ3n) is 3.91. The van der Waals surface area contributed by atoms with Gasteiger partial charge in [-0.15, -0.1) is 0 Å². The summed E-state index contributed by atoms with van der Waals surface area (Å²) in [5.74, 6) is 0.784. The minimum absolute atomic E-state index is 0.0367. The van der Waals surface area contributed by atoms with E-state index in [0.29, 0.717) is 11.8 Å². The minimum atomic E-state index is -0.346. The van der Waals surface area contributed by atoms with Crippen molar-refractivity contribution in [3.05, 3.63) is 24.3 Å². The summed E-state index contributed by atoms with van der Waals surface area (Å²) in [6.07, 6.45) is 6.94. The van der Waals surface area contributed by atoms with E-state index in [0.717, 1.165) is 0 Å². The van der Waals surface area contributed by atoms with E-state index in [1.807, 2.05) is 19.2 Å². The number of nitrogens with zero attached hydrogens (tertiary/aromatic N) is 1. The highest BCUT2D eigenvalue weighted by Gasteiger charge is 2.49. The molecule has 1 fully saturated rings. The second-order valence-electron chi connectivity index (χ2n) is 4.69. The predicted molar refractivity (Wildman–Crippen MR) is 63.0 cm³/mol. The van der Waals surface area contributed by atoms with Gasteiger partial charge >= 0.3 is 5.97 Å². The number of fused-ring (bicyclic) bond motifs is 1. The summed E-state index contributed by atoms with van der Waals surface area (Å²) in [5, 5.41) is 0. The summed E-state index contributed by atoms with van der Waals surface area (Å²) in [4.78, 5) is 24.4. The molecule has 17 heavy (non-hydrogen) atoms. The van der Waals surface area contributed by atoms with Crippen molar-refractivity contribution in [3.8, 4) is 0 Å². The molecule has 0 saturated heterocycles. The molecule has 2 rings (SSSR count). The first-order valence-corrected chi connectivity index (χ1v) is 5.77. The second kappa shape index (κ2) is 4.35. The van der Waals surface area contributed by atoms with Crippen LogP contribution in [0.1, 0.15) is 6.92 Å². The van der Waals surface area contributed by atoms with Gasteiger partial charge in [0.25, 0.3) is 0 Å². The van der Waals surface area contributed by atoms with E-state index in [1.165, 1.54) is 13.2 Å². The first-order valence-electron chi connectivity index (χ1n) is 5.77. The highest BCUT2D eigenvalue weighted by Crippen LogP contribution is 2.46. The van der Waals surface area contributed by atoms with Crippen LogP contribution in [0.2, 0.25) is 0 Å². The number of hydrogen-bond acceptors (Lipinski definition) is 3. The fourth-order valence-electron chi connectivity index (χ4n) is 2.80. The Morgan fingerprint density at radius 3 is 2.88 bits per heavy atom. The standard InChI is InChI=1S/C13H17NO3/c1-8-9-4-6-11(15)14(2)13(9)10(8)5-7-12(16)17-3/h4-10,13H,1-3H3/b7-5+/t8-,9+,10+,13+/m1/s1. The molecule has 4 atom stereocenters. The molecule has 2 aliphatic rings. The third-order valence-corrected chi connectivity index (χ3v) is 3.91. The van der Waals surface area contributed by atoms with Gasteiger partial charge in [-0.2, -0.15) is 0 Å². The average Bonchev–Trinajstić information content (AvgIpc) is 2.32. The van der Waals surface area contributed by atoms with Gasteiger partial charge in [0.15, 0.2) is 0 Å². The van der Waals surface area contributed by atoms with Gasteiger partial charge in [0.05, 0.1) is 7.11 Å². The Kier molecular flexibility index (Phi) is 3.05. The van der Waals surface area contributed by atoms with Crippen molar-refractivity contribution in [1.82, 2.24) is 4.90 Å². The van der Waals surface area contributed by atoms with Crippen LogP contribution in [0.15, 0.2) is 24.3 Å². The zero-order valence-corrected chi connectivity index (χ0v) is 10.3. The lowest BCUT2D eigenvalue weighted by atomic mass is 9.59. The lowest BCUT2D eigenvalue weighted by Gasteiger charge is -2.54. The molecule has 1 amide bonds. The Balaban J connectivity index is 2.11. The van der Waals surface area contributed by atoms with E-state index in [1.54, 1.807) is 11.0 Å². The highest BCUT2D eigenvalue weighted by molar-refractivity contribution is 5.89. The Morgan fingerprint density at radius 2 is 2.24 bits per heavy atom. The molecule has 0 bridgehead atoms. The summed E-state index contributed by atoms with van der Waals surface area (Å²) in [6.45, 7) is 2.14. The molecule has 1 saturated carbocycles. The Bertz CT molecular complexity index is 399. The van der Waals surface area contributed by atoms with Crippen molar-refractivity contribution >= 4 is 11.9 Å². The van der Waals surface area contributed by atoms with E-state index in [-0.39, 0.29) is 23.8 Å². The van der Waals surface area contributed by atoms with Crippen LogP contribution in [0.5, 0.6) is 0 Å². The summed E-state index contributed by atoms with van der Waals surface area (Å²) in [6, 6.07) is 0.184. The number of carbonyl (C=O) groups excluding carboxylic acids is 2. The van der Waals surface area contributed by atoms with Crippen LogP contribution in [0.3, 0.4) is 0 Å². The quantitative estimate of drug-likeness (QED) is 0.530. The smallest absolute Gasteiger partial charge is 0.330 e. The first kappa shape index (κ1) is 11.9. The van der Waals surface area contributed by atoms with Crippen molar-refractivity contribution in [3.63, 3.8) is 0 Å². The minimum Gasteiger partial charge on any atom is -0.466 e. The maximum absolute atomic E-state index is 11.6. The molecular weight excluding hydrogens is 218 g/mol. The zero-order valence-electron chi connectivity index (χ0n) is 10.3. The van der Waals surface area contributed by atoms with Crippen LogP contribution in [0, 0.1) is 17.8 Å². The SMILES string of the molecule is COC(=O)/C=C/[C@H]1[C@H](C)[C@@H]2C=CC(=O)N(C)[C@@H]21. The van der Waals surface area contributed by atoms with E-state index < -0.39 is 0 Å². The lowest BCUT2D eigenvalue weighted by molar-refractivity contribution is -0.135. The van der Waals surface area contributed by atoms with Crippen LogP contribution in [-0.2, 0) is 14.3 Å². The zero-order chi connectivity index (χ0) is 12.6. The predicted octanol–water partition coefficient (Wildman–Crippen LogP) is 0.994. The van der Waals surface area contributed by atoms with Crippen molar-refractivity contribution in [2.75, 3.05) is 14.2 Å². The Hall–Kier alpha value is -1.58. The van der Waals surface area contributed by atoms with Crippen molar-refractivity contribution in [2.24, 2.45) is 17.8 Å². The van der Waals surface area contributed by atoms with Crippen molar-refractivity contribution < 1.29 is 14.3 Å². The van der Waals surface area contributed by atoms with E-state index >= 15 is 0 Å². The summed E-state index contributed by atoms with van der Waals surface area (Å²) < 4.78 is 4.57. The summed E-state index contributed by atoms with van der Waals surface area (Å²) in [5.41, 5.74) is 0. The number of amides is 1. The number of esters is 1. The topological polar surface area (TPSA) is 46.6 Å². The fraction of sp³-hybridized carbons (Fsp3) is 0.538. The number of carbonyl (C=O) groups is 2. The normalized spacial score (nSPS) is 35.7. The van der Waals surface area contributed by atoms with Gasteiger partial charge in [-0.25, -0.2) is 4.79 Å². The monoisotopic (exact) mass is 235 g/mol. The molecule has 0 radical (unpaired) electrons. The van der Waals surface area contributed by atoms with Gasteiger partial charge in [-0.05, 0) is 12.0 Å². The summed E-state index contributed by atoms with van der Waals surface area (Å²) >= 11 is 0. The molecule has 1 aliphatic carbocycles. The third kappa shape index (κ3) is 1.88. The maximum atomic E-state index is 11.6. The maximum Gasteiger partial charge on any atom is 0.330 e. The van der Waals surface area contributed by atoms with Gasteiger partial charge in [0.2, 0.25) is 5.91 Å². The molecular formula is C13H17NO3. The fourth-order valence-corrected chi connectivity index (χ4v) is 2.80. The first-order chi connectivity index (χ1) is 8.06. The molecule has 1 heterocycles. The van der Waals surface area contributed by atoms with Gasteiger partial charge < -0.3 is 9.64 Å². The van der Waals surface area contributed by atoms with Crippen LogP contribution in [0.4, 0.5) is 0 Å². The molecule has 0 spiro atoms. The van der Waals surface area contributed by atoms with Crippen LogP contribution in [0.25, 0.3) is 0 Å². The highest BCUT2D eigenvalue weighted by atomic mass is 16.5. The molecule has 0 aromatic rings. The number of ether oxygens (including phenoxy) is 1. The summed E-state index contributed by atoms with van der Waals surface area (Å²) in [7, 11) is 3.17. The second-order valence-corrected chi connectivity index (χ2v) is 4.69. The van der Waals surface area contributed by atoms with Gasteiger partial charge in [0.1, 0.15) is 0 Å². The number of likely N-dealkylation sites (N-methyl/N-ethyl adjacent to an activating group) is 1. The number of rotatable bonds is 2. The molecule has 92 valence electrons. The van der Waals surface area contributed by atoms with Crippen molar-refractivity contribution in [1.29, 1.82) is 0 Å². The van der Waals surface area contributed by atoms with E-state index in [9.17, 15) is 9.59 Å².